The van der Waals surface area contributed by atoms with E-state index in [-0.39, 0.29) is 22.9 Å². The molecule has 174 valence electrons. The predicted octanol–water partition coefficient (Wildman–Crippen LogP) is 6.46. The molecule has 0 saturated heterocycles. The minimum absolute atomic E-state index is 0.0384. The lowest BCUT2D eigenvalue weighted by molar-refractivity contribution is -0.127. The first-order valence-electron chi connectivity index (χ1n) is 12.2. The number of pyridine rings is 1. The van der Waals surface area contributed by atoms with Crippen molar-refractivity contribution in [1.82, 2.24) is 19.9 Å². The predicted molar refractivity (Wildman–Crippen MR) is 129 cm³/mol. The van der Waals surface area contributed by atoms with Gasteiger partial charge in [-0.15, -0.1) is 0 Å². The summed E-state index contributed by atoms with van der Waals surface area (Å²) in [4.78, 5) is 22.9. The summed E-state index contributed by atoms with van der Waals surface area (Å²) < 4.78 is 16.3. The molecule has 33 heavy (non-hydrogen) atoms. The monoisotopic (exact) mass is 468 g/mol. The number of nitrogens with zero attached hydrogens (tertiary/aromatic N) is 3. The third-order valence-corrected chi connectivity index (χ3v) is 7.54. The van der Waals surface area contributed by atoms with Gasteiger partial charge in [-0.25, -0.2) is 9.37 Å². The van der Waals surface area contributed by atoms with Gasteiger partial charge in [0.1, 0.15) is 17.7 Å². The van der Waals surface area contributed by atoms with E-state index >= 15 is 0 Å². The molecule has 1 amide bonds. The number of carbonyl (C=O) groups is 1. The molecule has 0 radical (unpaired) electrons. The second kappa shape index (κ2) is 9.80. The van der Waals surface area contributed by atoms with Crippen LogP contribution in [0.15, 0.2) is 36.7 Å². The normalized spacial score (nSPS) is 19.0. The second-order valence-corrected chi connectivity index (χ2v) is 9.90. The Morgan fingerprint density at radius 3 is 2.52 bits per heavy atom. The summed E-state index contributed by atoms with van der Waals surface area (Å²) in [6, 6.07) is 6.56. The number of amides is 1. The van der Waals surface area contributed by atoms with Crippen molar-refractivity contribution in [3.63, 3.8) is 0 Å². The number of halogens is 2. The van der Waals surface area contributed by atoms with Crippen molar-refractivity contribution in [2.75, 3.05) is 0 Å². The van der Waals surface area contributed by atoms with Gasteiger partial charge in [0.2, 0.25) is 5.91 Å². The molecule has 2 aliphatic carbocycles. The molecule has 2 heterocycles. The Kier molecular flexibility index (Phi) is 6.63. The number of rotatable bonds is 5. The summed E-state index contributed by atoms with van der Waals surface area (Å²) in [6.07, 6.45) is 14.5. The fraction of sp³-hybridized carbons (Fsp3) is 0.500. The van der Waals surface area contributed by atoms with Gasteiger partial charge in [0, 0.05) is 30.1 Å². The molecular weight excluding hydrogens is 439 g/mol. The molecule has 1 aromatic carbocycles. The molecule has 1 N–H and O–H groups in total. The molecule has 2 saturated carbocycles. The zero-order chi connectivity index (χ0) is 22.8. The van der Waals surface area contributed by atoms with Gasteiger partial charge in [-0.1, -0.05) is 50.1 Å². The second-order valence-electron chi connectivity index (χ2n) is 9.49. The summed E-state index contributed by atoms with van der Waals surface area (Å²) >= 11 is 6.21. The first kappa shape index (κ1) is 22.3. The van der Waals surface area contributed by atoms with Crippen LogP contribution >= 0.6 is 11.6 Å². The van der Waals surface area contributed by atoms with Gasteiger partial charge >= 0.3 is 0 Å². The molecule has 2 fully saturated rings. The van der Waals surface area contributed by atoms with Crippen LogP contribution in [0, 0.1) is 11.7 Å². The Labute approximate surface area is 198 Å². The van der Waals surface area contributed by atoms with Crippen LogP contribution in [0.5, 0.6) is 0 Å². The van der Waals surface area contributed by atoms with Crippen molar-refractivity contribution < 1.29 is 9.18 Å². The van der Waals surface area contributed by atoms with Crippen molar-refractivity contribution in [2.45, 2.75) is 76.3 Å². The van der Waals surface area contributed by atoms with Gasteiger partial charge in [-0.05, 0) is 49.8 Å². The Hall–Kier alpha value is -2.47. The summed E-state index contributed by atoms with van der Waals surface area (Å²) in [5.74, 6) is 0.360. The first-order valence-corrected chi connectivity index (χ1v) is 12.6. The molecule has 0 aliphatic heterocycles. The highest BCUT2D eigenvalue weighted by atomic mass is 35.5. The largest absolute Gasteiger partial charge is 0.352 e. The maximum atomic E-state index is 14.3. The van der Waals surface area contributed by atoms with E-state index < -0.39 is 11.9 Å². The smallest absolute Gasteiger partial charge is 0.243 e. The van der Waals surface area contributed by atoms with E-state index in [0.717, 1.165) is 56.9 Å². The van der Waals surface area contributed by atoms with Gasteiger partial charge in [0.05, 0.1) is 16.1 Å². The highest BCUT2D eigenvalue weighted by Gasteiger charge is 2.35. The number of benzene rings is 1. The minimum Gasteiger partial charge on any atom is -0.352 e. The van der Waals surface area contributed by atoms with Crippen molar-refractivity contribution in [3.8, 4) is 11.4 Å². The average Bonchev–Trinajstić information content (AvgIpc) is 3.19. The molecule has 5 nitrogen and oxygen atoms in total. The summed E-state index contributed by atoms with van der Waals surface area (Å²) in [7, 11) is 0. The molecule has 7 heteroatoms. The lowest BCUT2D eigenvalue weighted by Crippen LogP contribution is -2.43. The fourth-order valence-electron chi connectivity index (χ4n) is 5.60. The Bertz CT molecular complexity index is 1120. The maximum absolute atomic E-state index is 14.3. The van der Waals surface area contributed by atoms with Crippen molar-refractivity contribution in [3.05, 3.63) is 47.5 Å². The molecule has 2 aliphatic rings. The lowest BCUT2D eigenvalue weighted by Gasteiger charge is -2.33. The van der Waals surface area contributed by atoms with E-state index in [2.05, 4.69) is 10.3 Å². The number of imidazole rings is 1. The maximum Gasteiger partial charge on any atom is 0.243 e. The highest BCUT2D eigenvalue weighted by Crippen LogP contribution is 2.39. The van der Waals surface area contributed by atoms with Crippen LogP contribution < -0.4 is 5.32 Å². The molecule has 0 bridgehead atoms. The quantitative estimate of drug-likeness (QED) is 0.467. The van der Waals surface area contributed by atoms with E-state index in [9.17, 15) is 9.18 Å². The standard InChI is InChI=1S/C26H30ClFN4O/c27-20-14-23-22(15-21(20)28)31-25(18-10-7-13-29-16-18)32(23)24(17-8-3-1-4-9-17)26(33)30-19-11-5-2-6-12-19/h7,10,13-17,19,24H,1-6,8-9,11-12H2,(H,30,33). The average molecular weight is 469 g/mol. The van der Waals surface area contributed by atoms with Crippen LogP contribution in [0.3, 0.4) is 0 Å². The Balaban J connectivity index is 1.65. The summed E-state index contributed by atoms with van der Waals surface area (Å²) in [5.41, 5.74) is 1.99. The summed E-state index contributed by atoms with van der Waals surface area (Å²) in [6.45, 7) is 0. The zero-order valence-electron chi connectivity index (χ0n) is 18.8. The third-order valence-electron chi connectivity index (χ3n) is 7.25. The van der Waals surface area contributed by atoms with E-state index in [1.807, 2.05) is 16.7 Å². The lowest BCUT2D eigenvalue weighted by atomic mass is 9.82. The third kappa shape index (κ3) is 4.63. The van der Waals surface area contributed by atoms with Crippen LogP contribution in [0.4, 0.5) is 4.39 Å². The van der Waals surface area contributed by atoms with E-state index in [4.69, 9.17) is 16.6 Å². The van der Waals surface area contributed by atoms with Crippen molar-refractivity contribution in [1.29, 1.82) is 0 Å². The number of nitrogens with one attached hydrogen (secondary N) is 1. The number of carbonyl (C=O) groups excluding carboxylic acids is 1. The number of hydrogen-bond donors (Lipinski definition) is 1. The first-order chi connectivity index (χ1) is 16.1. The van der Waals surface area contributed by atoms with Crippen LogP contribution in [-0.2, 0) is 4.79 Å². The van der Waals surface area contributed by atoms with Gasteiger partial charge in [0.25, 0.3) is 0 Å². The Morgan fingerprint density at radius 1 is 1.09 bits per heavy atom. The molecule has 2 aromatic heterocycles. The van der Waals surface area contributed by atoms with Crippen molar-refractivity contribution in [2.24, 2.45) is 5.92 Å². The van der Waals surface area contributed by atoms with Crippen LogP contribution in [0.2, 0.25) is 5.02 Å². The molecule has 1 atom stereocenters. The van der Waals surface area contributed by atoms with E-state index in [1.54, 1.807) is 18.5 Å². The van der Waals surface area contributed by atoms with Crippen LogP contribution in [-0.4, -0.2) is 26.5 Å². The molecular formula is C26H30ClFN4O. The topological polar surface area (TPSA) is 59.8 Å². The van der Waals surface area contributed by atoms with Crippen LogP contribution in [0.25, 0.3) is 22.4 Å². The van der Waals surface area contributed by atoms with E-state index in [0.29, 0.717) is 16.9 Å². The van der Waals surface area contributed by atoms with E-state index in [1.165, 1.54) is 18.9 Å². The molecule has 3 aromatic rings. The highest BCUT2D eigenvalue weighted by molar-refractivity contribution is 6.31. The van der Waals surface area contributed by atoms with Gasteiger partial charge < -0.3 is 9.88 Å². The Morgan fingerprint density at radius 2 is 1.82 bits per heavy atom. The van der Waals surface area contributed by atoms with Gasteiger partial charge in [-0.2, -0.15) is 0 Å². The van der Waals surface area contributed by atoms with Crippen LogP contribution in [0.1, 0.15) is 70.3 Å². The van der Waals surface area contributed by atoms with Crippen molar-refractivity contribution >= 4 is 28.5 Å². The van der Waals surface area contributed by atoms with Gasteiger partial charge in [0.15, 0.2) is 0 Å². The number of aromatic nitrogens is 3. The van der Waals surface area contributed by atoms with Gasteiger partial charge in [-0.3, -0.25) is 9.78 Å². The molecule has 0 spiro atoms. The fourth-order valence-corrected chi connectivity index (χ4v) is 5.75. The zero-order valence-corrected chi connectivity index (χ0v) is 19.5. The SMILES string of the molecule is O=C(NC1CCCCC1)C(C1CCCCC1)n1c(-c2cccnc2)nc2cc(F)c(Cl)cc21. The number of hydrogen-bond acceptors (Lipinski definition) is 3. The summed E-state index contributed by atoms with van der Waals surface area (Å²) in [5, 5.41) is 3.40. The number of fused-ring (bicyclic) bond motifs is 1. The minimum atomic E-state index is -0.507. The molecule has 5 rings (SSSR count). The molecule has 1 unspecified atom stereocenters.